The summed E-state index contributed by atoms with van der Waals surface area (Å²) in [4.78, 5) is 14.6. The number of nitro groups is 1. The van der Waals surface area contributed by atoms with Crippen LogP contribution in [-0.2, 0) is 10.0 Å². The van der Waals surface area contributed by atoms with E-state index < -0.39 is 20.6 Å². The molecular weight excluding hydrogens is 431 g/mol. The van der Waals surface area contributed by atoms with E-state index in [-0.39, 0.29) is 15.6 Å². The van der Waals surface area contributed by atoms with Gasteiger partial charge in [0.05, 0.1) is 37.9 Å². The molecule has 0 aliphatic carbocycles. The van der Waals surface area contributed by atoms with Gasteiger partial charge >= 0.3 is 0 Å². The molecule has 3 aromatic rings. The Morgan fingerprint density at radius 3 is 2.61 bits per heavy atom. The minimum Gasteiger partial charge on any atom is -0.347 e. The molecule has 0 fully saturated rings. The largest absolute Gasteiger partial charge is 0.347 e. The van der Waals surface area contributed by atoms with Crippen LogP contribution < -0.4 is 10.0 Å². The van der Waals surface area contributed by atoms with Gasteiger partial charge in [0.1, 0.15) is 5.69 Å². The molecule has 1 aromatic carbocycles. The van der Waals surface area contributed by atoms with Gasteiger partial charge in [-0.05, 0) is 25.2 Å². The second-order valence-electron chi connectivity index (χ2n) is 5.40. The maximum absolute atomic E-state index is 11.9. The Balaban J connectivity index is 1.94. The van der Waals surface area contributed by atoms with Gasteiger partial charge in [0.25, 0.3) is 5.69 Å². The second-order valence-corrected chi connectivity index (χ2v) is 8.13. The Kier molecular flexibility index (Phi) is 5.52. The van der Waals surface area contributed by atoms with E-state index in [1.54, 1.807) is 0 Å². The van der Waals surface area contributed by atoms with Crippen LogP contribution in [-0.4, -0.2) is 35.2 Å². The summed E-state index contributed by atoms with van der Waals surface area (Å²) in [6, 6.07) is 5.03. The summed E-state index contributed by atoms with van der Waals surface area (Å²) in [6.45, 7) is 0. The van der Waals surface area contributed by atoms with Crippen LogP contribution in [0.15, 0.2) is 47.8 Å². The molecule has 2 heterocycles. The Morgan fingerprint density at radius 1 is 1.21 bits per heavy atom. The molecule has 2 N–H and O–H groups in total. The van der Waals surface area contributed by atoms with Crippen LogP contribution >= 0.6 is 23.2 Å². The normalized spacial score (nSPS) is 11.4. The fourth-order valence-electron chi connectivity index (χ4n) is 2.29. The van der Waals surface area contributed by atoms with E-state index in [1.165, 1.54) is 48.5 Å². The highest BCUT2D eigenvalue weighted by Crippen LogP contribution is 2.30. The van der Waals surface area contributed by atoms with Gasteiger partial charge in [-0.1, -0.05) is 23.2 Å². The first-order valence-corrected chi connectivity index (χ1v) is 9.80. The van der Waals surface area contributed by atoms with Crippen molar-refractivity contribution in [1.29, 1.82) is 0 Å². The van der Waals surface area contributed by atoms with Crippen molar-refractivity contribution >= 4 is 50.3 Å². The first kappa shape index (κ1) is 20.0. The number of rotatable bonds is 6. The standard InChI is InChI=1S/C15H12Cl2N6O4S/c1-18-28(26,27)11-2-3-13(14(5-11)23(24)25)21-10-7-20-22(8-10)15-12(17)4-9(16)6-19-15/h2-8,18,21H,1H3. The van der Waals surface area contributed by atoms with Crippen LogP contribution in [0.25, 0.3) is 5.82 Å². The van der Waals surface area contributed by atoms with Crippen LogP contribution in [0.3, 0.4) is 0 Å². The molecule has 0 aliphatic rings. The molecule has 28 heavy (non-hydrogen) atoms. The van der Waals surface area contributed by atoms with Crippen LogP contribution in [0.2, 0.25) is 10.0 Å². The fraction of sp³-hybridized carbons (Fsp3) is 0.0667. The molecule has 0 bridgehead atoms. The molecule has 0 radical (unpaired) electrons. The lowest BCUT2D eigenvalue weighted by molar-refractivity contribution is -0.384. The third-order valence-electron chi connectivity index (χ3n) is 3.61. The van der Waals surface area contributed by atoms with E-state index in [1.807, 2.05) is 0 Å². The molecule has 0 spiro atoms. The number of nitrogens with one attached hydrogen (secondary N) is 2. The van der Waals surface area contributed by atoms with Gasteiger partial charge in [0.15, 0.2) is 5.82 Å². The Hall–Kier alpha value is -2.73. The van der Waals surface area contributed by atoms with Crippen LogP contribution in [0.5, 0.6) is 0 Å². The van der Waals surface area contributed by atoms with E-state index in [0.717, 1.165) is 6.07 Å². The van der Waals surface area contributed by atoms with Gasteiger partial charge in [-0.2, -0.15) is 5.10 Å². The lowest BCUT2D eigenvalue weighted by atomic mass is 10.2. The fourth-order valence-corrected chi connectivity index (χ4v) is 3.50. The van der Waals surface area contributed by atoms with E-state index in [4.69, 9.17) is 23.2 Å². The van der Waals surface area contributed by atoms with E-state index in [2.05, 4.69) is 20.1 Å². The van der Waals surface area contributed by atoms with Gasteiger partial charge in [0.2, 0.25) is 10.0 Å². The average Bonchev–Trinajstić information content (AvgIpc) is 3.09. The minimum absolute atomic E-state index is 0.0924. The maximum Gasteiger partial charge on any atom is 0.294 e. The highest BCUT2D eigenvalue weighted by atomic mass is 35.5. The van der Waals surface area contributed by atoms with Crippen LogP contribution in [0, 0.1) is 10.1 Å². The second kappa shape index (κ2) is 7.72. The summed E-state index contributed by atoms with van der Waals surface area (Å²) >= 11 is 11.9. The first-order valence-electron chi connectivity index (χ1n) is 7.56. The van der Waals surface area contributed by atoms with E-state index in [9.17, 15) is 18.5 Å². The average molecular weight is 443 g/mol. The predicted octanol–water partition coefficient (Wildman–Crippen LogP) is 3.13. The molecular formula is C15H12Cl2N6O4S. The molecule has 2 aromatic heterocycles. The SMILES string of the molecule is CNS(=O)(=O)c1ccc(Nc2cnn(-c3ncc(Cl)cc3Cl)c2)c([N+](=O)[O-])c1. The van der Waals surface area contributed by atoms with Crippen molar-refractivity contribution in [1.82, 2.24) is 19.5 Å². The van der Waals surface area contributed by atoms with Crippen molar-refractivity contribution in [3.8, 4) is 5.82 Å². The molecule has 0 aliphatic heterocycles. The van der Waals surface area contributed by atoms with Gasteiger partial charge in [-0.15, -0.1) is 0 Å². The lowest BCUT2D eigenvalue weighted by Crippen LogP contribution is -2.18. The number of nitro benzene ring substituents is 1. The van der Waals surface area contributed by atoms with Crippen molar-refractivity contribution in [2.24, 2.45) is 0 Å². The van der Waals surface area contributed by atoms with Gasteiger partial charge in [0, 0.05) is 12.3 Å². The molecule has 0 saturated carbocycles. The smallest absolute Gasteiger partial charge is 0.294 e. The van der Waals surface area contributed by atoms with Crippen molar-refractivity contribution in [2.75, 3.05) is 12.4 Å². The lowest BCUT2D eigenvalue weighted by Gasteiger charge is -2.07. The van der Waals surface area contributed by atoms with Crippen LogP contribution in [0.4, 0.5) is 17.1 Å². The number of benzene rings is 1. The number of nitrogens with zero attached hydrogens (tertiary/aromatic N) is 4. The third-order valence-corrected chi connectivity index (χ3v) is 5.51. The molecule has 0 unspecified atom stereocenters. The third kappa shape index (κ3) is 4.07. The molecule has 13 heteroatoms. The van der Waals surface area contributed by atoms with Gasteiger partial charge in [-0.25, -0.2) is 22.8 Å². The van der Waals surface area contributed by atoms with Gasteiger partial charge < -0.3 is 5.32 Å². The molecule has 0 saturated heterocycles. The molecule has 0 atom stereocenters. The molecule has 10 nitrogen and oxygen atoms in total. The van der Waals surface area contributed by atoms with Gasteiger partial charge in [-0.3, -0.25) is 10.1 Å². The van der Waals surface area contributed by atoms with Crippen LogP contribution in [0.1, 0.15) is 0 Å². The number of halogens is 2. The summed E-state index contributed by atoms with van der Waals surface area (Å²) in [5, 5.41) is 19.0. The Bertz CT molecular complexity index is 1170. The number of sulfonamides is 1. The topological polar surface area (TPSA) is 132 Å². The van der Waals surface area contributed by atoms with E-state index in [0.29, 0.717) is 16.5 Å². The van der Waals surface area contributed by atoms with Crippen molar-refractivity contribution in [2.45, 2.75) is 4.90 Å². The highest BCUT2D eigenvalue weighted by molar-refractivity contribution is 7.89. The number of hydrogen-bond donors (Lipinski definition) is 2. The highest BCUT2D eigenvalue weighted by Gasteiger charge is 2.21. The zero-order chi connectivity index (χ0) is 20.5. The molecule has 146 valence electrons. The minimum atomic E-state index is -3.82. The molecule has 3 rings (SSSR count). The number of pyridine rings is 1. The zero-order valence-corrected chi connectivity index (χ0v) is 16.5. The summed E-state index contributed by atoms with van der Waals surface area (Å²) in [7, 11) is -2.60. The first-order chi connectivity index (χ1) is 13.2. The summed E-state index contributed by atoms with van der Waals surface area (Å²) in [6.07, 6.45) is 4.34. The number of aromatic nitrogens is 3. The van der Waals surface area contributed by atoms with Crippen molar-refractivity contribution < 1.29 is 13.3 Å². The number of anilines is 2. The van der Waals surface area contributed by atoms with E-state index >= 15 is 0 Å². The van der Waals surface area contributed by atoms with Crippen molar-refractivity contribution in [3.05, 3.63) is 63.0 Å². The summed E-state index contributed by atoms with van der Waals surface area (Å²) in [5.41, 5.74) is 0.0848. The Morgan fingerprint density at radius 2 is 1.96 bits per heavy atom. The monoisotopic (exact) mass is 442 g/mol. The maximum atomic E-state index is 11.9. The summed E-state index contributed by atoms with van der Waals surface area (Å²) in [5.74, 6) is 0.323. The zero-order valence-electron chi connectivity index (χ0n) is 14.1. The Labute approximate surface area is 169 Å². The number of hydrogen-bond acceptors (Lipinski definition) is 7. The van der Waals surface area contributed by atoms with Crippen molar-refractivity contribution in [3.63, 3.8) is 0 Å². The summed E-state index contributed by atoms with van der Waals surface area (Å²) < 4.78 is 27.2. The quantitative estimate of drug-likeness (QED) is 0.442. The molecule has 0 amide bonds. The predicted molar refractivity (Wildman–Crippen MR) is 104 cm³/mol.